The molecule has 0 aliphatic carbocycles. The monoisotopic (exact) mass is 1160 g/mol. The van der Waals surface area contributed by atoms with E-state index in [0.29, 0.717) is 32.8 Å². The second-order valence-corrected chi connectivity index (χ2v) is 20.5. The Balaban J connectivity index is 0.989. The molecule has 6 aromatic carbocycles. The molecule has 2 aromatic heterocycles. The molecule has 0 bridgehead atoms. The second kappa shape index (κ2) is 25.1. The number of rotatable bonds is 20. The lowest BCUT2D eigenvalue weighted by Gasteiger charge is -2.37. The van der Waals surface area contributed by atoms with Gasteiger partial charge in [0.15, 0.2) is 24.7 Å². The van der Waals surface area contributed by atoms with Crippen LogP contribution in [-0.4, -0.2) is 111 Å². The van der Waals surface area contributed by atoms with E-state index in [4.69, 9.17) is 42.2 Å². The number of hydrogen-bond acceptors (Lipinski definition) is 18. The van der Waals surface area contributed by atoms with E-state index in [1.165, 1.54) is 74.9 Å². The van der Waals surface area contributed by atoms with Crippen LogP contribution in [0.2, 0.25) is 0 Å². The number of phosphoric ester groups is 1. The van der Waals surface area contributed by atoms with Crippen LogP contribution in [0.4, 0.5) is 0 Å². The molecular formula is C60H53N4O19P. The average molecular weight is 1170 g/mol. The summed E-state index contributed by atoms with van der Waals surface area (Å²) in [5.74, 6) is -1.97. The lowest BCUT2D eigenvalue weighted by molar-refractivity contribution is -0.0960. The van der Waals surface area contributed by atoms with Crippen molar-refractivity contribution in [2.45, 2.75) is 54.7 Å². The number of H-pyrrole nitrogens is 1. The lowest BCUT2D eigenvalue weighted by Crippen LogP contribution is -2.47. The van der Waals surface area contributed by atoms with Crippen LogP contribution in [0.15, 0.2) is 214 Å². The average Bonchev–Trinajstić information content (AvgIpc) is 4.11. The van der Waals surface area contributed by atoms with Gasteiger partial charge in [0.2, 0.25) is 0 Å². The van der Waals surface area contributed by atoms with Crippen LogP contribution in [-0.2, 0) is 42.9 Å². The van der Waals surface area contributed by atoms with Crippen LogP contribution in [0.5, 0.6) is 11.5 Å². The Morgan fingerprint density at radius 3 is 1.58 bits per heavy atom. The van der Waals surface area contributed by atoms with Gasteiger partial charge in [-0.2, -0.15) is 4.57 Å². The molecule has 4 heterocycles. The number of hydrogen-bond donors (Lipinski definition) is 3. The molecule has 0 amide bonds. The summed E-state index contributed by atoms with van der Waals surface area (Å²) in [6.45, 7) is -1.58. The van der Waals surface area contributed by atoms with E-state index >= 15 is 0 Å². The zero-order valence-corrected chi connectivity index (χ0v) is 45.5. The van der Waals surface area contributed by atoms with Gasteiger partial charge in [-0.1, -0.05) is 109 Å². The van der Waals surface area contributed by atoms with Gasteiger partial charge in [-0.05, 0) is 77.4 Å². The standard InChI is InChI=1S/C60H53N4O19P/c1-75-43-27-23-41(24-28-43)60(40-21-13-6-14-22-40,42-25-29-44(76-2)30-26-42)77-35-45-49(67)51(54(79-45)62-33-31-47(65)61-58(62)71)83-84(73,74)78-36-46-50(81-56(69)38-17-9-4-10-18-38)52(82-57(70)39-19-11-5-12-20-39)55(80-46)63-34-32-48(66)64(59(63)72)53(68)37-15-7-3-8-16-37/h3-34,45-46,49-52,54-55,67H,35-36H2,1-2H3,(H,73,74)(H,61,65,71)/t45-,46-,49-,50-,51-,52-,54-,55-/m1/s1. The van der Waals surface area contributed by atoms with Gasteiger partial charge in [-0.15, -0.1) is 0 Å². The number of aliphatic hydroxyl groups excluding tert-OH is 1. The van der Waals surface area contributed by atoms with Gasteiger partial charge < -0.3 is 43.2 Å². The summed E-state index contributed by atoms with van der Waals surface area (Å²) >= 11 is 0. The molecule has 1 unspecified atom stereocenters. The predicted octanol–water partition coefficient (Wildman–Crippen LogP) is 5.38. The van der Waals surface area contributed by atoms with Gasteiger partial charge >= 0.3 is 31.1 Å². The van der Waals surface area contributed by atoms with Gasteiger partial charge in [0, 0.05) is 30.1 Å². The van der Waals surface area contributed by atoms with E-state index < -0.39 is 116 Å². The number of aliphatic hydroxyl groups is 1. The van der Waals surface area contributed by atoms with Crippen molar-refractivity contribution in [2.24, 2.45) is 0 Å². The highest BCUT2D eigenvalue weighted by Crippen LogP contribution is 2.51. The van der Waals surface area contributed by atoms with Crippen LogP contribution in [0.3, 0.4) is 0 Å². The molecule has 9 atom stereocenters. The van der Waals surface area contributed by atoms with Crippen molar-refractivity contribution in [3.8, 4) is 11.5 Å². The number of phosphoric acid groups is 1. The summed E-state index contributed by atoms with van der Waals surface area (Å²) in [6, 6.07) is 47.5. The van der Waals surface area contributed by atoms with Crippen LogP contribution in [0, 0.1) is 0 Å². The predicted molar refractivity (Wildman–Crippen MR) is 296 cm³/mol. The van der Waals surface area contributed by atoms with Crippen molar-refractivity contribution in [3.05, 3.63) is 269 Å². The Kier molecular flexibility index (Phi) is 17.4. The van der Waals surface area contributed by atoms with Gasteiger partial charge in [-0.25, -0.2) is 23.7 Å². The van der Waals surface area contributed by atoms with E-state index in [1.807, 2.05) is 30.3 Å². The highest BCUT2D eigenvalue weighted by Gasteiger charge is 2.54. The first-order valence-electron chi connectivity index (χ1n) is 26.0. The molecule has 2 aliphatic rings. The van der Waals surface area contributed by atoms with Crippen molar-refractivity contribution in [1.29, 1.82) is 0 Å². The molecule has 84 heavy (non-hydrogen) atoms. The second-order valence-electron chi connectivity index (χ2n) is 19.1. The molecule has 2 fully saturated rings. The Bertz CT molecular complexity index is 3870. The Labute approximate surface area is 476 Å². The van der Waals surface area contributed by atoms with Crippen LogP contribution in [0.1, 0.15) is 60.2 Å². The minimum atomic E-state index is -5.61. The van der Waals surface area contributed by atoms with Crippen molar-refractivity contribution in [1.82, 2.24) is 18.7 Å². The number of carbonyl (C=O) groups excluding carboxylic acids is 3. The third-order valence-electron chi connectivity index (χ3n) is 14.0. The van der Waals surface area contributed by atoms with Crippen LogP contribution >= 0.6 is 7.82 Å². The first kappa shape index (κ1) is 58.1. The quantitative estimate of drug-likeness (QED) is 0.0490. The Morgan fingerprint density at radius 1 is 0.571 bits per heavy atom. The largest absolute Gasteiger partial charge is 0.497 e. The van der Waals surface area contributed by atoms with Gasteiger partial charge in [-0.3, -0.25) is 37.5 Å². The van der Waals surface area contributed by atoms with Crippen molar-refractivity contribution < 1.29 is 71.2 Å². The number of nitrogens with zero attached hydrogens (tertiary/aromatic N) is 3. The van der Waals surface area contributed by atoms with E-state index in [-0.39, 0.29) is 16.7 Å². The number of carbonyl (C=O) groups is 3. The number of aromatic nitrogens is 4. The molecule has 3 N–H and O–H groups in total. The van der Waals surface area contributed by atoms with Crippen molar-refractivity contribution in [3.63, 3.8) is 0 Å². The van der Waals surface area contributed by atoms with Gasteiger partial charge in [0.05, 0.1) is 38.6 Å². The maximum atomic E-state index is 14.5. The fourth-order valence-corrected chi connectivity index (χ4v) is 10.8. The zero-order valence-electron chi connectivity index (χ0n) is 44.6. The third kappa shape index (κ3) is 12.2. The summed E-state index contributed by atoms with van der Waals surface area (Å²) in [4.78, 5) is 109. The van der Waals surface area contributed by atoms with E-state index in [1.54, 1.807) is 78.9 Å². The summed E-state index contributed by atoms with van der Waals surface area (Å²) in [5, 5.41) is 12.3. The van der Waals surface area contributed by atoms with Crippen LogP contribution in [0.25, 0.3) is 0 Å². The highest BCUT2D eigenvalue weighted by atomic mass is 31.2. The summed E-state index contributed by atoms with van der Waals surface area (Å²) in [5.41, 5.74) is -3.90. The molecule has 432 valence electrons. The number of nitrogens with one attached hydrogen (secondary N) is 1. The maximum Gasteiger partial charge on any atom is 0.472 e. The SMILES string of the molecule is COc1ccc(C(OC[C@H]2O[C@@H](n3ccc(=O)[nH]c3=O)[C@H](OP(=O)(O)OC[C@H]3O[C@@H](n4ccc(=O)n(C(=O)c5ccccc5)c4=O)[C@H](OC(=O)c4ccccc4)[C@@H]3OC(=O)c3ccccc3)[C@@H]2O)(c2ccccc2)c2ccc(OC)cc2)cc1. The number of esters is 2. The normalized spacial score (nSPS) is 21.0. The fraction of sp³-hybridized carbons (Fsp3) is 0.217. The maximum absolute atomic E-state index is 14.5. The molecule has 0 saturated carbocycles. The molecule has 8 aromatic rings. The third-order valence-corrected chi connectivity index (χ3v) is 15.0. The Morgan fingerprint density at radius 2 is 1.05 bits per heavy atom. The fourth-order valence-electron chi connectivity index (χ4n) is 9.90. The van der Waals surface area contributed by atoms with E-state index in [0.717, 1.165) is 33.7 Å². The zero-order chi connectivity index (χ0) is 59.1. The van der Waals surface area contributed by atoms with Crippen LogP contribution < -0.4 is 32.0 Å². The molecular weight excluding hydrogens is 1110 g/mol. The summed E-state index contributed by atoms with van der Waals surface area (Å²) < 4.78 is 70.3. The minimum absolute atomic E-state index is 0.00154. The topological polar surface area (TPSA) is 291 Å². The molecule has 23 nitrogen and oxygen atoms in total. The van der Waals surface area contributed by atoms with E-state index in [2.05, 4.69) is 4.98 Å². The van der Waals surface area contributed by atoms with E-state index in [9.17, 15) is 48.1 Å². The van der Waals surface area contributed by atoms with Crippen molar-refractivity contribution >= 4 is 25.7 Å². The highest BCUT2D eigenvalue weighted by molar-refractivity contribution is 7.47. The van der Waals surface area contributed by atoms with Gasteiger partial charge in [0.25, 0.3) is 17.0 Å². The first-order chi connectivity index (χ1) is 40.6. The molecule has 0 spiro atoms. The number of ether oxygens (including phenoxy) is 7. The molecule has 10 rings (SSSR count). The summed E-state index contributed by atoms with van der Waals surface area (Å²) in [6.07, 6.45) is -12.4. The molecule has 2 aliphatic heterocycles. The summed E-state index contributed by atoms with van der Waals surface area (Å²) in [7, 11) is -2.57. The first-order valence-corrected chi connectivity index (χ1v) is 27.5. The number of methoxy groups -OCH3 is 2. The lowest BCUT2D eigenvalue weighted by atomic mass is 9.80. The molecule has 0 radical (unpaired) electrons. The minimum Gasteiger partial charge on any atom is -0.497 e. The smallest absolute Gasteiger partial charge is 0.472 e. The number of benzene rings is 6. The molecule has 24 heteroatoms. The number of aromatic amines is 1. The van der Waals surface area contributed by atoms with Gasteiger partial charge in [0.1, 0.15) is 41.5 Å². The van der Waals surface area contributed by atoms with Crippen molar-refractivity contribution in [2.75, 3.05) is 27.4 Å². The molecule has 2 saturated heterocycles. The Hall–Kier alpha value is -9.16.